The van der Waals surface area contributed by atoms with Gasteiger partial charge in [0, 0.05) is 22.1 Å². The summed E-state index contributed by atoms with van der Waals surface area (Å²) >= 11 is 0. The van der Waals surface area contributed by atoms with Gasteiger partial charge in [-0.25, -0.2) is 0 Å². The van der Waals surface area contributed by atoms with Gasteiger partial charge in [-0.05, 0) is 104 Å². The summed E-state index contributed by atoms with van der Waals surface area (Å²) in [6, 6.07) is 76.9. The highest BCUT2D eigenvalue weighted by Crippen LogP contribution is 2.54. The third-order valence-corrected chi connectivity index (χ3v) is 12.3. The van der Waals surface area contributed by atoms with E-state index < -0.39 is 0 Å². The van der Waals surface area contributed by atoms with E-state index in [1.807, 2.05) is 6.07 Å². The Morgan fingerprint density at radius 3 is 1.66 bits per heavy atom. The maximum Gasteiger partial charge on any atom is 0.137 e. The predicted molar refractivity (Wildman–Crippen MR) is 248 cm³/mol. The number of benzene rings is 9. The Balaban J connectivity index is 1.20. The van der Waals surface area contributed by atoms with Crippen LogP contribution < -0.4 is 4.90 Å². The molecule has 1 heterocycles. The standard InChI is InChI=1S/C57H41NO/c1-57(2)49-36-41(38-18-6-3-7-19-38)32-34-45(49)46-35-33-42(37-50(46)57)58(52-29-17-31-54-56(52)48-26-14-15-30-53(48)59-54)51-28-16-27-44(40-22-10-5-11-23-40)55(51)47-25-13-12-24-43(47)39-20-8-4-9-21-39/h3-37H,1-2H3. The minimum Gasteiger partial charge on any atom is -0.456 e. The Hall–Kier alpha value is -7.42. The third-order valence-electron chi connectivity index (χ3n) is 12.3. The van der Waals surface area contributed by atoms with Crippen LogP contribution in [0.25, 0.3) is 77.6 Å². The lowest BCUT2D eigenvalue weighted by Gasteiger charge is -2.31. The Bertz CT molecular complexity index is 3180. The summed E-state index contributed by atoms with van der Waals surface area (Å²) in [4.78, 5) is 2.49. The lowest BCUT2D eigenvalue weighted by molar-refractivity contribution is 0.660. The van der Waals surface area contributed by atoms with Gasteiger partial charge in [-0.1, -0.05) is 184 Å². The van der Waals surface area contributed by atoms with Gasteiger partial charge in [-0.2, -0.15) is 0 Å². The van der Waals surface area contributed by atoms with Crippen LogP contribution in [-0.4, -0.2) is 0 Å². The van der Waals surface area contributed by atoms with Crippen LogP contribution in [0.15, 0.2) is 217 Å². The first-order valence-electron chi connectivity index (χ1n) is 20.4. The second kappa shape index (κ2) is 13.9. The number of hydrogen-bond acceptors (Lipinski definition) is 2. The Morgan fingerprint density at radius 2 is 0.915 bits per heavy atom. The number of fused-ring (bicyclic) bond motifs is 6. The molecule has 1 aromatic heterocycles. The van der Waals surface area contributed by atoms with E-state index in [1.165, 1.54) is 66.8 Å². The smallest absolute Gasteiger partial charge is 0.137 e. The molecule has 2 nitrogen and oxygen atoms in total. The molecule has 10 aromatic rings. The van der Waals surface area contributed by atoms with E-state index in [0.29, 0.717) is 0 Å². The zero-order valence-corrected chi connectivity index (χ0v) is 33.1. The molecular weight excluding hydrogens is 715 g/mol. The first-order valence-corrected chi connectivity index (χ1v) is 20.4. The van der Waals surface area contributed by atoms with Crippen molar-refractivity contribution in [2.24, 2.45) is 0 Å². The molecule has 0 N–H and O–H groups in total. The lowest BCUT2D eigenvalue weighted by atomic mass is 9.81. The lowest BCUT2D eigenvalue weighted by Crippen LogP contribution is -2.17. The fraction of sp³-hybridized carbons (Fsp3) is 0.0526. The molecule has 0 radical (unpaired) electrons. The van der Waals surface area contributed by atoms with Crippen molar-refractivity contribution in [1.82, 2.24) is 0 Å². The Labute approximate surface area is 345 Å². The van der Waals surface area contributed by atoms with E-state index in [1.54, 1.807) is 0 Å². The minimum atomic E-state index is -0.236. The molecule has 9 aromatic carbocycles. The summed E-state index contributed by atoms with van der Waals surface area (Å²) in [7, 11) is 0. The van der Waals surface area contributed by atoms with Crippen molar-refractivity contribution in [3.05, 3.63) is 223 Å². The summed E-state index contributed by atoms with van der Waals surface area (Å²) in [6.07, 6.45) is 0. The fourth-order valence-electron chi connectivity index (χ4n) is 9.46. The number of hydrogen-bond donors (Lipinski definition) is 0. The summed E-state index contributed by atoms with van der Waals surface area (Å²) < 4.78 is 6.57. The number of rotatable bonds is 7. The molecule has 0 unspecified atom stereocenters. The van der Waals surface area contributed by atoms with Crippen molar-refractivity contribution in [3.8, 4) is 55.6 Å². The van der Waals surface area contributed by atoms with Gasteiger partial charge in [0.05, 0.1) is 16.8 Å². The van der Waals surface area contributed by atoms with Gasteiger partial charge in [0.15, 0.2) is 0 Å². The fourth-order valence-corrected chi connectivity index (χ4v) is 9.46. The predicted octanol–water partition coefficient (Wildman–Crippen LogP) is 16.0. The molecule has 1 aliphatic carbocycles. The number of para-hydroxylation sites is 1. The van der Waals surface area contributed by atoms with Gasteiger partial charge >= 0.3 is 0 Å². The first-order chi connectivity index (χ1) is 29.0. The van der Waals surface area contributed by atoms with Gasteiger partial charge in [0.25, 0.3) is 0 Å². The van der Waals surface area contributed by atoms with E-state index in [9.17, 15) is 0 Å². The number of furan rings is 1. The van der Waals surface area contributed by atoms with Crippen LogP contribution in [0.1, 0.15) is 25.0 Å². The molecule has 0 atom stereocenters. The molecule has 59 heavy (non-hydrogen) atoms. The van der Waals surface area contributed by atoms with Crippen LogP contribution in [0.5, 0.6) is 0 Å². The molecular formula is C57H41NO. The quantitative estimate of drug-likeness (QED) is 0.161. The molecule has 0 saturated heterocycles. The molecule has 0 aliphatic heterocycles. The molecule has 11 rings (SSSR count). The average Bonchev–Trinajstić information content (AvgIpc) is 3.79. The van der Waals surface area contributed by atoms with Crippen LogP contribution in [0.2, 0.25) is 0 Å². The highest BCUT2D eigenvalue weighted by molar-refractivity contribution is 6.14. The van der Waals surface area contributed by atoms with Crippen molar-refractivity contribution in [1.29, 1.82) is 0 Å². The molecule has 0 amide bonds. The van der Waals surface area contributed by atoms with Crippen LogP contribution >= 0.6 is 0 Å². The third kappa shape index (κ3) is 5.71. The topological polar surface area (TPSA) is 16.4 Å². The highest BCUT2D eigenvalue weighted by atomic mass is 16.3. The average molecular weight is 756 g/mol. The highest BCUT2D eigenvalue weighted by Gasteiger charge is 2.37. The Kier molecular flexibility index (Phi) is 8.20. The van der Waals surface area contributed by atoms with Crippen LogP contribution in [-0.2, 0) is 5.41 Å². The molecule has 2 heteroatoms. The maximum absolute atomic E-state index is 6.57. The van der Waals surface area contributed by atoms with Gasteiger partial charge in [-0.3, -0.25) is 0 Å². The summed E-state index contributed by atoms with van der Waals surface area (Å²) in [5, 5.41) is 2.18. The van der Waals surface area contributed by atoms with E-state index >= 15 is 0 Å². The second-order valence-electron chi connectivity index (χ2n) is 16.0. The van der Waals surface area contributed by atoms with E-state index in [0.717, 1.165) is 39.0 Å². The molecule has 280 valence electrons. The minimum absolute atomic E-state index is 0.236. The SMILES string of the molecule is CC1(C)c2cc(-c3ccccc3)ccc2-c2ccc(N(c3cccc(-c4ccccc4)c3-c3ccccc3-c3ccccc3)c3cccc4oc5ccccc5c34)cc21. The zero-order valence-electron chi connectivity index (χ0n) is 33.1. The van der Waals surface area contributed by atoms with Crippen molar-refractivity contribution >= 4 is 39.0 Å². The maximum atomic E-state index is 6.57. The van der Waals surface area contributed by atoms with Crippen molar-refractivity contribution in [3.63, 3.8) is 0 Å². The van der Waals surface area contributed by atoms with Crippen molar-refractivity contribution in [2.45, 2.75) is 19.3 Å². The summed E-state index contributed by atoms with van der Waals surface area (Å²) in [5.41, 5.74) is 19.5. The van der Waals surface area contributed by atoms with Crippen LogP contribution in [0.3, 0.4) is 0 Å². The molecule has 0 saturated carbocycles. The van der Waals surface area contributed by atoms with E-state index in [4.69, 9.17) is 4.42 Å². The van der Waals surface area contributed by atoms with Crippen LogP contribution in [0, 0.1) is 0 Å². The summed E-state index contributed by atoms with van der Waals surface area (Å²) in [5.74, 6) is 0. The Morgan fingerprint density at radius 1 is 0.373 bits per heavy atom. The number of nitrogens with zero attached hydrogens (tertiary/aromatic N) is 1. The zero-order chi connectivity index (χ0) is 39.5. The molecule has 0 bridgehead atoms. The van der Waals surface area contributed by atoms with Crippen molar-refractivity contribution in [2.75, 3.05) is 4.90 Å². The largest absolute Gasteiger partial charge is 0.456 e. The summed E-state index contributed by atoms with van der Waals surface area (Å²) in [6.45, 7) is 4.75. The van der Waals surface area contributed by atoms with Gasteiger partial charge in [0.2, 0.25) is 0 Å². The first kappa shape index (κ1) is 34.8. The molecule has 0 spiro atoms. The monoisotopic (exact) mass is 755 g/mol. The number of anilines is 3. The van der Waals surface area contributed by atoms with Gasteiger partial charge < -0.3 is 9.32 Å². The molecule has 0 fully saturated rings. The van der Waals surface area contributed by atoms with Crippen molar-refractivity contribution < 1.29 is 4.42 Å². The van der Waals surface area contributed by atoms with Gasteiger partial charge in [-0.15, -0.1) is 0 Å². The van der Waals surface area contributed by atoms with E-state index in [2.05, 4.69) is 225 Å². The van der Waals surface area contributed by atoms with Gasteiger partial charge in [0.1, 0.15) is 11.2 Å². The van der Waals surface area contributed by atoms with Crippen LogP contribution in [0.4, 0.5) is 17.1 Å². The van der Waals surface area contributed by atoms with E-state index in [-0.39, 0.29) is 5.41 Å². The molecule has 1 aliphatic rings. The second-order valence-corrected chi connectivity index (χ2v) is 16.0. The normalized spacial score (nSPS) is 12.7.